The van der Waals surface area contributed by atoms with E-state index in [4.69, 9.17) is 18.6 Å². The second-order valence-electron chi connectivity index (χ2n) is 0.289. The molecule has 3 nitrogen and oxygen atoms in total. The monoisotopic (exact) mass is 141 g/mol. The maximum atomic E-state index is 9.06. The zero-order chi connectivity index (χ0) is 5.58. The largest absolute Gasteiger partial charge is 0.907 e. The van der Waals surface area contributed by atoms with Crippen LogP contribution >= 0.6 is 0 Å². The molecule has 6 heteroatoms. The van der Waals surface area contributed by atoms with Gasteiger partial charge in [-0.1, -0.05) is 0 Å². The average molecular weight is 141 g/mol. The Hall–Kier alpha value is 0.394. The van der Waals surface area contributed by atoms with Gasteiger partial charge in [-0.3, -0.25) is 7.32 Å². The van der Waals surface area contributed by atoms with Crippen LogP contribution < -0.4 is 15.1 Å². The molecule has 0 amide bonds. The molecule has 0 saturated carbocycles. The quantitative estimate of drug-likeness (QED) is 0.328. The smallest absolute Gasteiger partial charge is 0.278 e. The fourth-order valence-corrected chi connectivity index (χ4v) is 0. The molecule has 0 radical (unpaired) electrons. The Morgan fingerprint density at radius 2 is 1.17 bits per heavy atom. The molecule has 0 bridgehead atoms. The van der Waals surface area contributed by atoms with Crippen LogP contribution in [-0.4, -0.2) is 7.32 Å². The van der Waals surface area contributed by atoms with Gasteiger partial charge in [-0.25, -0.2) is 0 Å². The van der Waals surface area contributed by atoms with E-state index in [-0.39, 0.29) is 0 Å². The van der Waals surface area contributed by atoms with Crippen LogP contribution in [0.25, 0.3) is 0 Å². The molecule has 0 rings (SSSR count). The first-order valence-corrected chi connectivity index (χ1v) is 1.18. The van der Waals surface area contributed by atoms with E-state index in [0.717, 1.165) is 0 Å². The van der Waals surface area contributed by atoms with Crippen molar-refractivity contribution >= 4 is 7.32 Å². The normalized spacial score (nSPS) is 5.50. The van der Waals surface area contributed by atoms with Crippen LogP contribution in [0.1, 0.15) is 0 Å². The minimum atomic E-state index is -2.92. The van der Waals surface area contributed by atoms with Crippen molar-refractivity contribution in [2.75, 3.05) is 0 Å². The molecule has 0 aliphatic carbocycles. The van der Waals surface area contributed by atoms with E-state index >= 15 is 0 Å². The molecule has 0 atom stereocenters. The van der Waals surface area contributed by atoms with Gasteiger partial charge in [0.25, 0.3) is 0 Å². The Morgan fingerprint density at radius 3 is 1.17 bits per heavy atom. The van der Waals surface area contributed by atoms with Gasteiger partial charge in [0.1, 0.15) is 0 Å². The fourth-order valence-electron chi connectivity index (χ4n) is 0. The van der Waals surface area contributed by atoms with Crippen molar-refractivity contribution < 1.29 is 35.1 Å². The number of halogens is 1. The molecule has 0 aliphatic rings. The first-order chi connectivity index (χ1) is 2.73. The summed E-state index contributed by atoms with van der Waals surface area (Å²) in [6.45, 7) is 0. The first kappa shape index (κ1) is 9.64. The summed E-state index contributed by atoms with van der Waals surface area (Å²) < 4.78 is 9.06. The predicted octanol–water partition coefficient (Wildman–Crippen LogP) is -3.53. The van der Waals surface area contributed by atoms with Crippen molar-refractivity contribution in [2.45, 2.75) is 0 Å². The van der Waals surface area contributed by atoms with Gasteiger partial charge in [0.2, 0.25) is 0 Å². The topological polar surface area (TPSA) is 69.2 Å². The van der Waals surface area contributed by atoms with Crippen molar-refractivity contribution in [3.05, 3.63) is 0 Å². The van der Waals surface area contributed by atoms with E-state index in [1.54, 1.807) is 0 Å². The van der Waals surface area contributed by atoms with Crippen LogP contribution in [0.15, 0.2) is 0 Å². The van der Waals surface area contributed by atoms with Gasteiger partial charge >= 0.3 is 20.0 Å². The van der Waals surface area contributed by atoms with E-state index in [1.807, 2.05) is 0 Å². The molecule has 0 heterocycles. The van der Waals surface area contributed by atoms with E-state index in [2.05, 4.69) is 16.5 Å². The summed E-state index contributed by atoms with van der Waals surface area (Å²) in [6, 6.07) is 0. The Bertz CT molecular complexity index is 15.5. The first-order valence-electron chi connectivity index (χ1n) is 0.821. The molecule has 0 spiro atoms. The maximum absolute atomic E-state index is 9.06. The summed E-state index contributed by atoms with van der Waals surface area (Å²) in [5.74, 6) is 0. The van der Waals surface area contributed by atoms with Crippen LogP contribution in [0.5, 0.6) is 0 Å². The summed E-state index contributed by atoms with van der Waals surface area (Å²) >= 11 is 2.69. The van der Waals surface area contributed by atoms with Crippen LogP contribution in [0.2, 0.25) is 0 Å². The molecule has 39 valence electrons. The predicted molar refractivity (Wildman–Crippen MR) is 6.86 cm³/mol. The van der Waals surface area contributed by atoms with E-state index in [0.29, 0.717) is 0 Å². The molecule has 0 aromatic heterocycles. The Morgan fingerprint density at radius 1 is 1.17 bits per heavy atom. The zero-order valence-electron chi connectivity index (χ0n) is 2.48. The van der Waals surface area contributed by atoms with Crippen molar-refractivity contribution in [3.63, 3.8) is 0 Å². The molecule has 0 aliphatic heterocycles. The molecule has 6 heavy (non-hydrogen) atoms. The van der Waals surface area contributed by atoms with Gasteiger partial charge in [-0.2, -0.15) is 0 Å². The van der Waals surface area contributed by atoms with Crippen molar-refractivity contribution in [2.24, 2.45) is 0 Å². The van der Waals surface area contributed by atoms with Crippen molar-refractivity contribution in [1.82, 2.24) is 0 Å². The Balaban J connectivity index is 0. The Labute approximate surface area is 43.3 Å². The van der Waals surface area contributed by atoms with E-state index < -0.39 is 7.32 Å². The second kappa shape index (κ2) is 9.04. The van der Waals surface area contributed by atoms with Gasteiger partial charge in [0.05, 0.1) is 0 Å². The molecule has 0 aromatic rings. The van der Waals surface area contributed by atoms with Gasteiger partial charge in [0, 0.05) is 0 Å². The van der Waals surface area contributed by atoms with Crippen molar-refractivity contribution in [1.29, 1.82) is 0 Å². The summed E-state index contributed by atoms with van der Waals surface area (Å²) in [6.07, 6.45) is 0. The number of rotatable bonds is 0. The average Bonchev–Trinajstić information content (AvgIpc) is 1.41. The standard InChI is InChI=1S/BO3.Cu.FH/c2-1(3)4;;/h;;1H/q-3;+4;/p-1. The second-order valence-corrected chi connectivity index (χ2v) is 0.289. The summed E-state index contributed by atoms with van der Waals surface area (Å²) in [4.78, 5) is 0. The Kier molecular flexibility index (Phi) is 14.5. The molecule has 0 N–H and O–H groups in total. The van der Waals surface area contributed by atoms with Crippen LogP contribution in [0.3, 0.4) is 0 Å². The minimum Gasteiger partial charge on any atom is -0.907 e. The molecule has 0 fully saturated rings. The van der Waals surface area contributed by atoms with E-state index in [9.17, 15) is 0 Å². The molecular weight excluding hydrogens is 141 g/mol. The third-order valence-corrected chi connectivity index (χ3v) is 0. The molecule has 0 aromatic carbocycles. The van der Waals surface area contributed by atoms with Crippen molar-refractivity contribution in [3.8, 4) is 0 Å². The summed E-state index contributed by atoms with van der Waals surface area (Å²) in [5.41, 5.74) is 0. The van der Waals surface area contributed by atoms with Gasteiger partial charge in [-0.15, -0.1) is 0 Å². The van der Waals surface area contributed by atoms with Gasteiger partial charge < -0.3 is 15.1 Å². The summed E-state index contributed by atoms with van der Waals surface area (Å²) in [7, 11) is -2.92. The van der Waals surface area contributed by atoms with Crippen LogP contribution in [-0.2, 0) is 16.5 Å². The molecular formula is BCuFO3. The minimum absolute atomic E-state index is 2.69. The van der Waals surface area contributed by atoms with Gasteiger partial charge in [-0.05, 0) is 0 Å². The van der Waals surface area contributed by atoms with Crippen LogP contribution in [0.4, 0.5) is 3.55 Å². The van der Waals surface area contributed by atoms with E-state index in [1.165, 1.54) is 0 Å². The van der Waals surface area contributed by atoms with Crippen LogP contribution in [0, 0.1) is 0 Å². The third kappa shape index (κ3) is 325. The SMILES string of the molecule is [F][Cu+3].[O-]B([O-])[O-]. The summed E-state index contributed by atoms with van der Waals surface area (Å²) in [5, 5.41) is 25.2. The molecule has 0 unspecified atom stereocenters. The zero-order valence-corrected chi connectivity index (χ0v) is 3.42. The van der Waals surface area contributed by atoms with Gasteiger partial charge in [0.15, 0.2) is 0 Å². The number of hydrogen-bond donors (Lipinski definition) is 0. The maximum Gasteiger partial charge on any atom is -0.278 e. The number of hydrogen-bond acceptors (Lipinski definition) is 3. The third-order valence-electron chi connectivity index (χ3n) is 0. The fraction of sp³-hybridized carbons (Fsp3) is 0. The molecule has 0 saturated heterocycles.